The van der Waals surface area contributed by atoms with Gasteiger partial charge in [0, 0.05) is 24.8 Å². The van der Waals surface area contributed by atoms with Gasteiger partial charge >= 0.3 is 0 Å². The van der Waals surface area contributed by atoms with Crippen molar-refractivity contribution >= 4 is 27.5 Å². The molecule has 2 amide bonds. The van der Waals surface area contributed by atoms with Gasteiger partial charge in [0.15, 0.2) is 0 Å². The van der Waals surface area contributed by atoms with Gasteiger partial charge < -0.3 is 10.6 Å². The van der Waals surface area contributed by atoms with E-state index >= 15 is 0 Å². The Morgan fingerprint density at radius 2 is 1.70 bits per heavy atom. The molecule has 2 N–H and O–H groups in total. The molecular weight excluding hydrogens is 416 g/mol. The second-order valence-electron chi connectivity index (χ2n) is 6.42. The topological polar surface area (TPSA) is 95.6 Å². The molecule has 0 unspecified atom stereocenters. The van der Waals surface area contributed by atoms with Crippen LogP contribution in [0, 0.1) is 18.6 Å². The minimum absolute atomic E-state index is 0.0708. The van der Waals surface area contributed by atoms with E-state index in [-0.39, 0.29) is 10.6 Å². The number of hydrogen-bond donors (Lipinski definition) is 2. The molecule has 2 rings (SSSR count). The first-order chi connectivity index (χ1) is 14.1. The first-order valence-corrected chi connectivity index (χ1v) is 10.7. The lowest BCUT2D eigenvalue weighted by Crippen LogP contribution is -2.33. The van der Waals surface area contributed by atoms with Gasteiger partial charge in [0.05, 0.1) is 17.0 Å². The maximum Gasteiger partial charge on any atom is 0.254 e. The van der Waals surface area contributed by atoms with Crippen molar-refractivity contribution in [2.45, 2.75) is 25.7 Å². The van der Waals surface area contributed by atoms with Gasteiger partial charge in [-0.05, 0) is 36.8 Å². The van der Waals surface area contributed by atoms with E-state index in [1.807, 2.05) is 0 Å². The normalized spacial score (nSPS) is 11.4. The van der Waals surface area contributed by atoms with Crippen LogP contribution < -0.4 is 10.6 Å². The molecule has 0 spiro atoms. The van der Waals surface area contributed by atoms with Gasteiger partial charge in [-0.3, -0.25) is 9.59 Å². The number of halogens is 2. The third-order valence-electron chi connectivity index (χ3n) is 4.38. The number of anilines is 1. The van der Waals surface area contributed by atoms with Crippen LogP contribution in [0.4, 0.5) is 14.5 Å². The molecule has 2 aromatic rings. The van der Waals surface area contributed by atoms with E-state index < -0.39 is 45.6 Å². The Hall–Kier alpha value is -2.85. The first-order valence-electron chi connectivity index (χ1n) is 9.24. The Morgan fingerprint density at radius 1 is 1.03 bits per heavy atom. The van der Waals surface area contributed by atoms with Crippen LogP contribution in [0.1, 0.15) is 29.8 Å². The zero-order valence-corrected chi connectivity index (χ0v) is 17.6. The summed E-state index contributed by atoms with van der Waals surface area (Å²) in [4.78, 5) is 24.2. The van der Waals surface area contributed by atoms with Crippen molar-refractivity contribution in [1.82, 2.24) is 9.62 Å². The van der Waals surface area contributed by atoms with Crippen LogP contribution in [-0.2, 0) is 14.8 Å². The van der Waals surface area contributed by atoms with Gasteiger partial charge in [-0.1, -0.05) is 19.9 Å². The average Bonchev–Trinajstić information content (AvgIpc) is 2.68. The molecule has 30 heavy (non-hydrogen) atoms. The lowest BCUT2D eigenvalue weighted by molar-refractivity contribution is -0.115. The SMILES string of the molecule is CCN(CC)S(=O)(=O)c1cc(NC(=O)CNC(=O)c2ccc(F)cc2F)ccc1C. The summed E-state index contributed by atoms with van der Waals surface area (Å²) in [7, 11) is -3.72. The largest absolute Gasteiger partial charge is 0.343 e. The van der Waals surface area contributed by atoms with E-state index in [1.54, 1.807) is 26.8 Å². The fourth-order valence-corrected chi connectivity index (χ4v) is 4.50. The minimum atomic E-state index is -3.72. The van der Waals surface area contributed by atoms with E-state index in [0.717, 1.165) is 12.1 Å². The molecule has 0 fully saturated rings. The van der Waals surface area contributed by atoms with Gasteiger partial charge in [-0.15, -0.1) is 0 Å². The number of benzene rings is 2. The highest BCUT2D eigenvalue weighted by Gasteiger charge is 2.24. The summed E-state index contributed by atoms with van der Waals surface area (Å²) < 4.78 is 53.4. The quantitative estimate of drug-likeness (QED) is 0.661. The molecular formula is C20H23F2N3O4S. The standard InChI is InChI=1S/C20H23F2N3O4S/c1-4-25(5-2)30(28,29)18-11-15(8-6-13(18)3)24-19(26)12-23-20(27)16-9-7-14(21)10-17(16)22/h6-11H,4-5,12H2,1-3H3,(H,23,27)(H,24,26). The van der Waals surface area contributed by atoms with Gasteiger partial charge in [0.2, 0.25) is 15.9 Å². The molecule has 162 valence electrons. The second kappa shape index (κ2) is 9.77. The summed E-state index contributed by atoms with van der Waals surface area (Å²) in [5.74, 6) is -3.38. The molecule has 0 heterocycles. The van der Waals surface area contributed by atoms with Crippen LogP contribution in [0.15, 0.2) is 41.3 Å². The fourth-order valence-electron chi connectivity index (χ4n) is 2.79. The minimum Gasteiger partial charge on any atom is -0.343 e. The number of carbonyl (C=O) groups excluding carboxylic acids is 2. The van der Waals surface area contributed by atoms with E-state index in [0.29, 0.717) is 24.7 Å². The van der Waals surface area contributed by atoms with Crippen LogP contribution in [0.25, 0.3) is 0 Å². The van der Waals surface area contributed by atoms with Crippen LogP contribution in [0.5, 0.6) is 0 Å². The molecule has 2 aromatic carbocycles. The number of carbonyl (C=O) groups is 2. The molecule has 0 aliphatic carbocycles. The molecule has 10 heteroatoms. The molecule has 7 nitrogen and oxygen atoms in total. The van der Waals surface area contributed by atoms with E-state index in [9.17, 15) is 26.8 Å². The summed E-state index contributed by atoms with van der Waals surface area (Å²) >= 11 is 0. The Balaban J connectivity index is 2.09. The predicted octanol–water partition coefficient (Wildman–Crippen LogP) is 2.67. The highest BCUT2D eigenvalue weighted by Crippen LogP contribution is 2.23. The van der Waals surface area contributed by atoms with Crippen LogP contribution in [0.2, 0.25) is 0 Å². The predicted molar refractivity (Wildman–Crippen MR) is 109 cm³/mol. The number of aryl methyl sites for hydroxylation is 1. The van der Waals surface area contributed by atoms with Crippen LogP contribution in [0.3, 0.4) is 0 Å². The Bertz CT molecular complexity index is 1050. The van der Waals surface area contributed by atoms with Gasteiger partial charge in [0.25, 0.3) is 5.91 Å². The molecule has 0 bridgehead atoms. The first kappa shape index (κ1) is 23.4. The van der Waals surface area contributed by atoms with E-state index in [2.05, 4.69) is 10.6 Å². The van der Waals surface area contributed by atoms with Crippen molar-refractivity contribution in [2.24, 2.45) is 0 Å². The number of nitrogens with one attached hydrogen (secondary N) is 2. The van der Waals surface area contributed by atoms with Crippen molar-refractivity contribution in [1.29, 1.82) is 0 Å². The maximum absolute atomic E-state index is 13.6. The molecule has 0 radical (unpaired) electrons. The molecule has 0 saturated carbocycles. The summed E-state index contributed by atoms with van der Waals surface area (Å²) in [6.07, 6.45) is 0. The lowest BCUT2D eigenvalue weighted by atomic mass is 10.2. The number of sulfonamides is 1. The van der Waals surface area contributed by atoms with Gasteiger partial charge in [0.1, 0.15) is 11.6 Å². The highest BCUT2D eigenvalue weighted by molar-refractivity contribution is 7.89. The highest BCUT2D eigenvalue weighted by atomic mass is 32.2. The Labute approximate surface area is 174 Å². The van der Waals surface area contributed by atoms with Crippen molar-refractivity contribution in [3.8, 4) is 0 Å². The van der Waals surface area contributed by atoms with Gasteiger partial charge in [-0.25, -0.2) is 17.2 Å². The smallest absolute Gasteiger partial charge is 0.254 e. The third-order valence-corrected chi connectivity index (χ3v) is 6.57. The number of hydrogen-bond acceptors (Lipinski definition) is 4. The van der Waals surface area contributed by atoms with E-state index in [1.165, 1.54) is 16.4 Å². The molecule has 0 saturated heterocycles. The fraction of sp³-hybridized carbons (Fsp3) is 0.300. The Morgan fingerprint density at radius 3 is 2.30 bits per heavy atom. The molecule has 0 atom stereocenters. The lowest BCUT2D eigenvalue weighted by Gasteiger charge is -2.20. The zero-order valence-electron chi connectivity index (χ0n) is 16.8. The maximum atomic E-state index is 13.6. The summed E-state index contributed by atoms with van der Waals surface area (Å²) in [5.41, 5.74) is 0.366. The summed E-state index contributed by atoms with van der Waals surface area (Å²) in [6, 6.07) is 6.93. The second-order valence-corrected chi connectivity index (χ2v) is 8.33. The molecule has 0 aliphatic heterocycles. The molecule has 0 aliphatic rings. The van der Waals surface area contributed by atoms with Gasteiger partial charge in [-0.2, -0.15) is 4.31 Å². The van der Waals surface area contributed by atoms with Crippen molar-refractivity contribution < 1.29 is 26.8 Å². The number of rotatable bonds is 8. The Kier molecular flexibility index (Phi) is 7.63. The third kappa shape index (κ3) is 5.39. The molecule has 0 aromatic heterocycles. The van der Waals surface area contributed by atoms with Crippen LogP contribution in [-0.4, -0.2) is 44.2 Å². The van der Waals surface area contributed by atoms with Crippen molar-refractivity contribution in [2.75, 3.05) is 25.0 Å². The monoisotopic (exact) mass is 439 g/mol. The van der Waals surface area contributed by atoms with E-state index in [4.69, 9.17) is 0 Å². The summed E-state index contributed by atoms with van der Waals surface area (Å²) in [5, 5.41) is 4.73. The zero-order chi connectivity index (χ0) is 22.5. The van der Waals surface area contributed by atoms with Crippen LogP contribution >= 0.6 is 0 Å². The van der Waals surface area contributed by atoms with Crippen molar-refractivity contribution in [3.05, 3.63) is 59.2 Å². The summed E-state index contributed by atoms with van der Waals surface area (Å²) in [6.45, 7) is 5.24. The number of amides is 2. The van der Waals surface area contributed by atoms with Crippen molar-refractivity contribution in [3.63, 3.8) is 0 Å². The average molecular weight is 439 g/mol. The number of nitrogens with zero attached hydrogens (tertiary/aromatic N) is 1.